The van der Waals surface area contributed by atoms with Gasteiger partial charge in [-0.05, 0) is 24.2 Å². The third-order valence-electron chi connectivity index (χ3n) is 3.83. The first-order valence-corrected chi connectivity index (χ1v) is 7.15. The highest BCUT2D eigenvalue weighted by Crippen LogP contribution is 2.28. The van der Waals surface area contributed by atoms with Gasteiger partial charge in [0.2, 0.25) is 0 Å². The largest absolute Gasteiger partial charge is 0.0654 e. The van der Waals surface area contributed by atoms with Gasteiger partial charge in [0, 0.05) is 0 Å². The Kier molecular flexibility index (Phi) is 9.24. The number of hydrogen-bond acceptors (Lipinski definition) is 0. The van der Waals surface area contributed by atoms with Gasteiger partial charge in [0.15, 0.2) is 0 Å². The van der Waals surface area contributed by atoms with Crippen LogP contribution in [0.4, 0.5) is 0 Å². The molecule has 0 aliphatic heterocycles. The van der Waals surface area contributed by atoms with Crippen molar-refractivity contribution in [2.45, 2.75) is 79.6 Å². The quantitative estimate of drug-likeness (QED) is 0.462. The molecule has 0 saturated heterocycles. The average Bonchev–Trinajstić information content (AvgIpc) is 2.23. The third kappa shape index (κ3) is 6.98. The van der Waals surface area contributed by atoms with Gasteiger partial charge in [-0.15, -0.1) is 0 Å². The lowest BCUT2D eigenvalue weighted by Crippen LogP contribution is -2.14. The van der Waals surface area contributed by atoms with Gasteiger partial charge in [-0.2, -0.15) is 0 Å². The smallest absolute Gasteiger partial charge is 0.0389 e. The molecule has 0 fully saturated rings. The van der Waals surface area contributed by atoms with E-state index in [0.29, 0.717) is 0 Å². The van der Waals surface area contributed by atoms with E-state index >= 15 is 0 Å². The second-order valence-electron chi connectivity index (χ2n) is 5.42. The molecule has 0 rings (SSSR count). The van der Waals surface area contributed by atoms with Gasteiger partial charge in [-0.25, -0.2) is 0 Å². The van der Waals surface area contributed by atoms with Crippen LogP contribution in [-0.2, 0) is 0 Å². The normalized spacial score (nSPS) is 17.4. The number of unbranched alkanes of at least 4 members (excludes halogenated alkanes) is 1. The highest BCUT2D eigenvalue weighted by atomic mass is 14.2. The van der Waals surface area contributed by atoms with Crippen LogP contribution in [0.1, 0.15) is 79.6 Å². The van der Waals surface area contributed by atoms with Crippen LogP contribution in [0.2, 0.25) is 0 Å². The molecule has 0 heterocycles. The lowest BCUT2D eigenvalue weighted by molar-refractivity contribution is 0.260. The fourth-order valence-corrected chi connectivity index (χ4v) is 2.68. The van der Waals surface area contributed by atoms with Crippen molar-refractivity contribution in [1.29, 1.82) is 0 Å². The molecule has 0 aromatic heterocycles. The summed E-state index contributed by atoms with van der Waals surface area (Å²) >= 11 is 0. The Morgan fingerprint density at radius 3 is 2.00 bits per heavy atom. The zero-order chi connectivity index (χ0) is 11.7. The Labute approximate surface area is 97.8 Å². The zero-order valence-corrected chi connectivity index (χ0v) is 11.7. The van der Waals surface area contributed by atoms with E-state index < -0.39 is 0 Å². The van der Waals surface area contributed by atoms with Crippen LogP contribution in [0, 0.1) is 17.8 Å². The standard InChI is InChI=1S/C15H32/c1-6-9-11-13(4)12-15(8-3)14(5)10-7-2/h13-15H,6-12H2,1-5H3. The fourth-order valence-electron chi connectivity index (χ4n) is 2.68. The summed E-state index contributed by atoms with van der Waals surface area (Å²) in [7, 11) is 0. The lowest BCUT2D eigenvalue weighted by atomic mass is 9.81. The third-order valence-corrected chi connectivity index (χ3v) is 3.83. The summed E-state index contributed by atoms with van der Waals surface area (Å²) in [5, 5.41) is 0. The van der Waals surface area contributed by atoms with Crippen molar-refractivity contribution in [3.05, 3.63) is 0 Å². The maximum atomic E-state index is 2.45. The summed E-state index contributed by atoms with van der Waals surface area (Å²) in [6.45, 7) is 11.9. The van der Waals surface area contributed by atoms with E-state index in [1.807, 2.05) is 0 Å². The van der Waals surface area contributed by atoms with Crippen molar-refractivity contribution in [3.8, 4) is 0 Å². The van der Waals surface area contributed by atoms with E-state index in [0.717, 1.165) is 17.8 Å². The van der Waals surface area contributed by atoms with Gasteiger partial charge in [-0.3, -0.25) is 0 Å². The minimum absolute atomic E-state index is 0.934. The summed E-state index contributed by atoms with van der Waals surface area (Å²) in [4.78, 5) is 0. The molecule has 0 nitrogen and oxygen atoms in total. The minimum Gasteiger partial charge on any atom is -0.0654 e. The summed E-state index contributed by atoms with van der Waals surface area (Å²) < 4.78 is 0. The molecular formula is C15H32. The van der Waals surface area contributed by atoms with Gasteiger partial charge in [-0.1, -0.05) is 73.1 Å². The molecule has 0 aromatic rings. The van der Waals surface area contributed by atoms with Crippen LogP contribution in [0.3, 0.4) is 0 Å². The maximum absolute atomic E-state index is 2.45. The van der Waals surface area contributed by atoms with Crippen LogP contribution >= 0.6 is 0 Å². The molecular weight excluding hydrogens is 180 g/mol. The highest BCUT2D eigenvalue weighted by Gasteiger charge is 2.17. The van der Waals surface area contributed by atoms with Gasteiger partial charge in [0.1, 0.15) is 0 Å². The van der Waals surface area contributed by atoms with Crippen LogP contribution in [0.5, 0.6) is 0 Å². The second-order valence-corrected chi connectivity index (χ2v) is 5.42. The van der Waals surface area contributed by atoms with Crippen LogP contribution < -0.4 is 0 Å². The van der Waals surface area contributed by atoms with Gasteiger partial charge in [0.05, 0.1) is 0 Å². The molecule has 15 heavy (non-hydrogen) atoms. The minimum atomic E-state index is 0.934. The predicted octanol–water partition coefficient (Wildman–Crippen LogP) is 5.67. The van der Waals surface area contributed by atoms with Crippen molar-refractivity contribution >= 4 is 0 Å². The van der Waals surface area contributed by atoms with Crippen LogP contribution in [0.15, 0.2) is 0 Å². The molecule has 0 radical (unpaired) electrons. The molecule has 0 saturated carbocycles. The van der Waals surface area contributed by atoms with Crippen molar-refractivity contribution in [2.24, 2.45) is 17.8 Å². The molecule has 0 aliphatic rings. The Hall–Kier alpha value is 0. The van der Waals surface area contributed by atoms with Gasteiger partial charge in [0.25, 0.3) is 0 Å². The van der Waals surface area contributed by atoms with Gasteiger partial charge < -0.3 is 0 Å². The molecule has 0 amide bonds. The Morgan fingerprint density at radius 1 is 0.867 bits per heavy atom. The van der Waals surface area contributed by atoms with Crippen LogP contribution in [0.25, 0.3) is 0 Å². The molecule has 0 spiro atoms. The topological polar surface area (TPSA) is 0 Å². The first kappa shape index (κ1) is 15.0. The fraction of sp³-hybridized carbons (Fsp3) is 1.00. The molecule has 3 atom stereocenters. The molecule has 0 bridgehead atoms. The summed E-state index contributed by atoms with van der Waals surface area (Å²) in [6, 6.07) is 0. The Bertz CT molecular complexity index is 128. The Balaban J connectivity index is 3.85. The number of rotatable bonds is 9. The second kappa shape index (κ2) is 9.24. The maximum Gasteiger partial charge on any atom is -0.0389 e. The zero-order valence-electron chi connectivity index (χ0n) is 11.7. The van der Waals surface area contributed by atoms with E-state index in [-0.39, 0.29) is 0 Å². The molecule has 0 aliphatic carbocycles. The molecule has 3 unspecified atom stereocenters. The van der Waals surface area contributed by atoms with Gasteiger partial charge >= 0.3 is 0 Å². The summed E-state index contributed by atoms with van der Waals surface area (Å²) in [5.74, 6) is 2.84. The summed E-state index contributed by atoms with van der Waals surface area (Å²) in [5.41, 5.74) is 0. The van der Waals surface area contributed by atoms with Crippen molar-refractivity contribution in [3.63, 3.8) is 0 Å². The first-order chi connectivity index (χ1) is 7.15. The van der Waals surface area contributed by atoms with E-state index in [1.54, 1.807) is 0 Å². The van der Waals surface area contributed by atoms with E-state index in [1.165, 1.54) is 44.9 Å². The summed E-state index contributed by atoms with van der Waals surface area (Å²) in [6.07, 6.45) is 9.80. The van der Waals surface area contributed by atoms with Crippen molar-refractivity contribution < 1.29 is 0 Å². The predicted molar refractivity (Wildman–Crippen MR) is 71.2 cm³/mol. The first-order valence-electron chi connectivity index (χ1n) is 7.15. The molecule has 0 heteroatoms. The SMILES string of the molecule is CCCCC(C)CC(CC)C(C)CCC. The molecule has 0 aromatic carbocycles. The molecule has 92 valence electrons. The molecule has 0 N–H and O–H groups in total. The van der Waals surface area contributed by atoms with Crippen molar-refractivity contribution in [2.75, 3.05) is 0 Å². The highest BCUT2D eigenvalue weighted by molar-refractivity contribution is 4.68. The van der Waals surface area contributed by atoms with E-state index in [2.05, 4.69) is 34.6 Å². The van der Waals surface area contributed by atoms with E-state index in [4.69, 9.17) is 0 Å². The number of hydrogen-bond donors (Lipinski definition) is 0. The lowest BCUT2D eigenvalue weighted by Gasteiger charge is -2.25. The van der Waals surface area contributed by atoms with Crippen molar-refractivity contribution in [1.82, 2.24) is 0 Å². The van der Waals surface area contributed by atoms with E-state index in [9.17, 15) is 0 Å². The monoisotopic (exact) mass is 212 g/mol. The average molecular weight is 212 g/mol. The van der Waals surface area contributed by atoms with Crippen LogP contribution in [-0.4, -0.2) is 0 Å². The Morgan fingerprint density at radius 2 is 1.53 bits per heavy atom.